The molecule has 0 aromatic heterocycles. The molecule has 1 aromatic carbocycles. The fraction of sp³-hybridized carbons (Fsp3) is 0.111. The lowest BCUT2D eigenvalue weighted by Crippen LogP contribution is -2.72. The van der Waals surface area contributed by atoms with Crippen molar-refractivity contribution in [1.82, 2.24) is 0 Å². The third-order valence-electron chi connectivity index (χ3n) is 1.67. The summed E-state index contributed by atoms with van der Waals surface area (Å²) in [6, 6.07) is 3.10. The second kappa shape index (κ2) is 4.50. The van der Waals surface area contributed by atoms with Gasteiger partial charge in [0.25, 0.3) is 0 Å². The van der Waals surface area contributed by atoms with Crippen LogP contribution in [0.15, 0.2) is 23.3 Å². The van der Waals surface area contributed by atoms with Crippen molar-refractivity contribution < 1.29 is 13.9 Å². The summed E-state index contributed by atoms with van der Waals surface area (Å²) in [7, 11) is 0. The summed E-state index contributed by atoms with van der Waals surface area (Å²) in [6.45, 7) is 1.51. The van der Waals surface area contributed by atoms with Gasteiger partial charge in [-0.05, 0) is 25.1 Å². The molecule has 0 bridgehead atoms. The maximum absolute atomic E-state index is 13.2. The minimum atomic E-state index is -0.560. The minimum Gasteiger partial charge on any atom is -0.289 e. The van der Waals surface area contributed by atoms with Gasteiger partial charge in [0.1, 0.15) is 11.6 Å². The second-order valence-electron chi connectivity index (χ2n) is 2.89. The van der Waals surface area contributed by atoms with E-state index in [0.717, 1.165) is 18.2 Å². The lowest BCUT2D eigenvalue weighted by atomic mass is 10.1. The molecule has 0 unspecified atom stereocenters. The summed E-state index contributed by atoms with van der Waals surface area (Å²) >= 11 is 0. The van der Waals surface area contributed by atoms with Gasteiger partial charge in [-0.3, -0.25) is 11.5 Å². The third-order valence-corrected chi connectivity index (χ3v) is 1.67. The molecular weight excluding hydrogens is 202 g/mol. The monoisotopic (exact) mass is 213 g/mol. The topological polar surface area (TPSA) is 78.4 Å². The van der Waals surface area contributed by atoms with Crippen molar-refractivity contribution in [3.63, 3.8) is 0 Å². The highest BCUT2D eigenvalue weighted by molar-refractivity contribution is 5.98. The Balaban J connectivity index is 3.10. The Morgan fingerprint density at radius 2 is 2.00 bits per heavy atom. The number of benzene rings is 1. The van der Waals surface area contributed by atoms with Crippen LogP contribution in [0.3, 0.4) is 0 Å². The Morgan fingerprint density at radius 1 is 1.33 bits per heavy atom. The Morgan fingerprint density at radius 3 is 2.60 bits per heavy atom. The quantitative estimate of drug-likeness (QED) is 0.336. The van der Waals surface area contributed by atoms with E-state index < -0.39 is 11.6 Å². The predicted molar refractivity (Wildman–Crippen MR) is 52.9 cm³/mol. The number of nitrogens with two attached hydrogens (primary N) is 2. The van der Waals surface area contributed by atoms with Gasteiger partial charge in [0.05, 0.1) is 5.71 Å². The molecule has 4 nitrogen and oxygen atoms in total. The first-order valence-electron chi connectivity index (χ1n) is 4.14. The Bertz CT molecular complexity index is 422. The molecule has 0 heterocycles. The number of halogens is 2. The molecule has 80 valence electrons. The molecule has 0 radical (unpaired) electrons. The first kappa shape index (κ1) is 11.1. The highest BCUT2D eigenvalue weighted by atomic mass is 19.1. The van der Waals surface area contributed by atoms with Crippen molar-refractivity contribution in [2.45, 2.75) is 6.92 Å². The highest BCUT2D eigenvalue weighted by Gasteiger charge is 2.07. The first-order chi connectivity index (χ1) is 7.00. The number of nitrogens with zero attached hydrogens (tertiary/aromatic N) is 1. The number of hydrazone groups is 1. The number of guanidine groups is 1. The number of nitrogens with one attached hydrogen (secondary N) is 1. The molecule has 0 saturated carbocycles. The fourth-order valence-corrected chi connectivity index (χ4v) is 0.983. The Kier molecular flexibility index (Phi) is 3.33. The van der Waals surface area contributed by atoms with Gasteiger partial charge in [-0.15, -0.1) is 5.10 Å². The van der Waals surface area contributed by atoms with Crippen molar-refractivity contribution in [1.29, 1.82) is 0 Å². The Labute approximate surface area is 85.3 Å². The van der Waals surface area contributed by atoms with Crippen LogP contribution < -0.4 is 16.6 Å². The van der Waals surface area contributed by atoms with Crippen LogP contribution in [0.4, 0.5) is 8.78 Å². The fourth-order valence-electron chi connectivity index (χ4n) is 0.983. The smallest absolute Gasteiger partial charge is 0.289 e. The van der Waals surface area contributed by atoms with Gasteiger partial charge in [0.15, 0.2) is 0 Å². The molecule has 0 aliphatic carbocycles. The van der Waals surface area contributed by atoms with Gasteiger partial charge >= 0.3 is 5.96 Å². The van der Waals surface area contributed by atoms with E-state index in [1.54, 1.807) is 0 Å². The molecule has 0 fully saturated rings. The predicted octanol–water partition coefficient (Wildman–Crippen LogP) is -0.957. The summed E-state index contributed by atoms with van der Waals surface area (Å²) in [6.07, 6.45) is 0. The van der Waals surface area contributed by atoms with Crippen molar-refractivity contribution in [3.05, 3.63) is 35.4 Å². The highest BCUT2D eigenvalue weighted by Crippen LogP contribution is 2.09. The zero-order chi connectivity index (χ0) is 11.4. The molecule has 0 aliphatic rings. The lowest BCUT2D eigenvalue weighted by molar-refractivity contribution is -0.464. The number of rotatable bonds is 2. The number of hydrogen-bond donors (Lipinski definition) is 3. The molecule has 0 spiro atoms. The zero-order valence-electron chi connectivity index (χ0n) is 8.09. The molecular formula is C9H11F2N4+. The molecule has 0 aliphatic heterocycles. The van der Waals surface area contributed by atoms with Crippen LogP contribution >= 0.6 is 0 Å². The molecule has 0 amide bonds. The number of hydrogen-bond acceptors (Lipinski definition) is 1. The summed E-state index contributed by atoms with van der Waals surface area (Å²) in [5.41, 5.74) is 10.5. The van der Waals surface area contributed by atoms with Crippen molar-refractivity contribution in [3.8, 4) is 0 Å². The van der Waals surface area contributed by atoms with Crippen molar-refractivity contribution in [2.24, 2.45) is 16.6 Å². The van der Waals surface area contributed by atoms with E-state index in [9.17, 15) is 8.78 Å². The van der Waals surface area contributed by atoms with E-state index in [4.69, 9.17) is 11.5 Å². The van der Waals surface area contributed by atoms with E-state index in [2.05, 4.69) is 10.2 Å². The normalized spacial score (nSPS) is 11.3. The summed E-state index contributed by atoms with van der Waals surface area (Å²) in [4.78, 5) is 0. The summed E-state index contributed by atoms with van der Waals surface area (Å²) in [5.74, 6) is -1.22. The van der Waals surface area contributed by atoms with Crippen LogP contribution in [0, 0.1) is 11.6 Å². The maximum Gasteiger partial charge on any atom is 0.362 e. The molecule has 5 N–H and O–H groups in total. The molecule has 1 aromatic rings. The van der Waals surface area contributed by atoms with Gasteiger partial charge in [-0.2, -0.15) is 5.10 Å². The second-order valence-corrected chi connectivity index (χ2v) is 2.89. The van der Waals surface area contributed by atoms with Gasteiger partial charge in [0.2, 0.25) is 0 Å². The molecule has 0 saturated heterocycles. The molecule has 15 heavy (non-hydrogen) atoms. The van der Waals surface area contributed by atoms with Crippen LogP contribution in [0.5, 0.6) is 0 Å². The average molecular weight is 213 g/mol. The van der Waals surface area contributed by atoms with E-state index in [0.29, 0.717) is 0 Å². The van der Waals surface area contributed by atoms with Gasteiger partial charge < -0.3 is 0 Å². The van der Waals surface area contributed by atoms with Crippen LogP contribution in [-0.4, -0.2) is 11.7 Å². The van der Waals surface area contributed by atoms with Crippen molar-refractivity contribution >= 4 is 11.7 Å². The molecule has 0 atom stereocenters. The van der Waals surface area contributed by atoms with E-state index in [1.807, 2.05) is 0 Å². The van der Waals surface area contributed by atoms with Crippen LogP contribution in [0.2, 0.25) is 0 Å². The maximum atomic E-state index is 13.2. The van der Waals surface area contributed by atoms with E-state index >= 15 is 0 Å². The summed E-state index contributed by atoms with van der Waals surface area (Å²) in [5, 5.41) is 5.93. The van der Waals surface area contributed by atoms with Crippen LogP contribution in [0.1, 0.15) is 12.5 Å². The Hall–Kier alpha value is -1.98. The largest absolute Gasteiger partial charge is 0.362 e. The van der Waals surface area contributed by atoms with Gasteiger partial charge in [-0.25, -0.2) is 8.78 Å². The average Bonchev–Trinajstić information content (AvgIpc) is 2.18. The zero-order valence-corrected chi connectivity index (χ0v) is 8.09. The van der Waals surface area contributed by atoms with E-state index in [-0.39, 0.29) is 17.2 Å². The van der Waals surface area contributed by atoms with E-state index in [1.165, 1.54) is 6.92 Å². The van der Waals surface area contributed by atoms with Gasteiger partial charge in [0, 0.05) is 5.56 Å². The first-order valence-corrected chi connectivity index (χ1v) is 4.14. The van der Waals surface area contributed by atoms with Crippen LogP contribution in [-0.2, 0) is 0 Å². The van der Waals surface area contributed by atoms with Gasteiger partial charge in [-0.1, -0.05) is 0 Å². The molecule has 6 heteroatoms. The molecule has 1 rings (SSSR count). The van der Waals surface area contributed by atoms with Crippen LogP contribution in [0.25, 0.3) is 0 Å². The minimum absolute atomic E-state index is 0.0590. The summed E-state index contributed by atoms with van der Waals surface area (Å²) < 4.78 is 26.0. The standard InChI is InChI=1S/C9H10F2N4/c1-5(14-15-9(12)13)7-4-6(10)2-3-8(7)11/h2-4H,1H3,(H4,12,13,15)/p+1/b14-5-. The third kappa shape index (κ3) is 3.01. The lowest BCUT2D eigenvalue weighted by Gasteiger charge is -2.00. The SMILES string of the molecule is C/C(=N/[NH+]=C(N)N)c1cc(F)ccc1F. The van der Waals surface area contributed by atoms with Crippen molar-refractivity contribution in [2.75, 3.05) is 0 Å².